The Morgan fingerprint density at radius 1 is 1.26 bits per heavy atom. The first-order valence-corrected chi connectivity index (χ1v) is 7.92. The molecule has 2 aromatic rings. The van der Waals surface area contributed by atoms with Gasteiger partial charge in [0.1, 0.15) is 11.6 Å². The fourth-order valence-corrected chi connectivity index (χ4v) is 2.59. The number of amides is 2. The second-order valence-electron chi connectivity index (χ2n) is 5.64. The largest absolute Gasteiger partial charge is 0.370 e. The van der Waals surface area contributed by atoms with Gasteiger partial charge in [-0.15, -0.1) is 0 Å². The van der Waals surface area contributed by atoms with Gasteiger partial charge in [0.05, 0.1) is 0 Å². The summed E-state index contributed by atoms with van der Waals surface area (Å²) in [7, 11) is 0. The standard InChI is InChI=1S/C17H21N5O/c1-12-4-2-6-15(20-12)22-17(23)19-11-9-14-8-7-13-5-3-10-18-16(13)21-14/h2,4,6-8H,3,5,9-11H2,1H3,(H,18,21)(H2,19,20,22,23). The molecule has 3 N–H and O–H groups in total. The summed E-state index contributed by atoms with van der Waals surface area (Å²) in [6.07, 6.45) is 2.94. The van der Waals surface area contributed by atoms with Gasteiger partial charge < -0.3 is 10.6 Å². The highest BCUT2D eigenvalue weighted by atomic mass is 16.2. The number of hydrogen-bond donors (Lipinski definition) is 3. The van der Waals surface area contributed by atoms with Crippen LogP contribution in [0.15, 0.2) is 30.3 Å². The number of anilines is 2. The average molecular weight is 311 g/mol. The SMILES string of the molecule is Cc1cccc(NC(=O)NCCc2ccc3c(n2)NCCC3)n1. The van der Waals surface area contributed by atoms with Crippen LogP contribution in [0.1, 0.15) is 23.4 Å². The summed E-state index contributed by atoms with van der Waals surface area (Å²) >= 11 is 0. The van der Waals surface area contributed by atoms with Crippen molar-refractivity contribution >= 4 is 17.7 Å². The van der Waals surface area contributed by atoms with Crippen LogP contribution in [0.3, 0.4) is 0 Å². The van der Waals surface area contributed by atoms with Crippen molar-refractivity contribution in [2.45, 2.75) is 26.2 Å². The maximum absolute atomic E-state index is 11.9. The molecule has 3 heterocycles. The maximum Gasteiger partial charge on any atom is 0.320 e. The third-order valence-electron chi connectivity index (χ3n) is 3.75. The minimum absolute atomic E-state index is 0.251. The summed E-state index contributed by atoms with van der Waals surface area (Å²) in [4.78, 5) is 20.7. The van der Waals surface area contributed by atoms with Gasteiger partial charge in [-0.3, -0.25) is 5.32 Å². The highest BCUT2D eigenvalue weighted by Gasteiger charge is 2.10. The quantitative estimate of drug-likeness (QED) is 0.810. The topological polar surface area (TPSA) is 78.9 Å². The highest BCUT2D eigenvalue weighted by molar-refractivity contribution is 5.88. The van der Waals surface area contributed by atoms with Crippen molar-refractivity contribution in [3.63, 3.8) is 0 Å². The van der Waals surface area contributed by atoms with E-state index in [0.717, 1.165) is 36.6 Å². The molecule has 0 saturated heterocycles. The van der Waals surface area contributed by atoms with Gasteiger partial charge >= 0.3 is 6.03 Å². The van der Waals surface area contributed by atoms with E-state index in [0.29, 0.717) is 18.8 Å². The lowest BCUT2D eigenvalue weighted by Crippen LogP contribution is -2.31. The summed E-state index contributed by atoms with van der Waals surface area (Å²) < 4.78 is 0. The number of hydrogen-bond acceptors (Lipinski definition) is 4. The number of nitrogens with one attached hydrogen (secondary N) is 3. The molecular weight excluding hydrogens is 290 g/mol. The molecule has 0 radical (unpaired) electrons. The number of urea groups is 1. The van der Waals surface area contributed by atoms with E-state index in [1.54, 1.807) is 6.07 Å². The minimum Gasteiger partial charge on any atom is -0.370 e. The van der Waals surface area contributed by atoms with Crippen molar-refractivity contribution in [1.29, 1.82) is 0 Å². The van der Waals surface area contributed by atoms with Gasteiger partial charge in [-0.2, -0.15) is 0 Å². The number of aromatic nitrogens is 2. The van der Waals surface area contributed by atoms with Gasteiger partial charge in [0, 0.05) is 30.9 Å². The Morgan fingerprint density at radius 3 is 3.04 bits per heavy atom. The number of carbonyl (C=O) groups is 1. The normalized spacial score (nSPS) is 12.9. The molecule has 0 saturated carbocycles. The first-order valence-electron chi connectivity index (χ1n) is 7.92. The molecule has 0 spiro atoms. The van der Waals surface area contributed by atoms with Crippen molar-refractivity contribution in [1.82, 2.24) is 15.3 Å². The lowest BCUT2D eigenvalue weighted by Gasteiger charge is -2.17. The van der Waals surface area contributed by atoms with E-state index in [1.165, 1.54) is 5.56 Å². The molecule has 0 bridgehead atoms. The van der Waals surface area contributed by atoms with Crippen LogP contribution in [0, 0.1) is 6.92 Å². The monoisotopic (exact) mass is 311 g/mol. The molecule has 0 fully saturated rings. The van der Waals surface area contributed by atoms with Gasteiger partial charge in [-0.1, -0.05) is 12.1 Å². The predicted molar refractivity (Wildman–Crippen MR) is 90.7 cm³/mol. The highest BCUT2D eigenvalue weighted by Crippen LogP contribution is 2.19. The van der Waals surface area contributed by atoms with Crippen LogP contribution < -0.4 is 16.0 Å². The molecule has 3 rings (SSSR count). The van der Waals surface area contributed by atoms with Crippen molar-refractivity contribution in [3.05, 3.63) is 47.3 Å². The smallest absolute Gasteiger partial charge is 0.320 e. The molecule has 0 aromatic carbocycles. The van der Waals surface area contributed by atoms with Gasteiger partial charge in [-0.25, -0.2) is 14.8 Å². The lowest BCUT2D eigenvalue weighted by molar-refractivity contribution is 0.252. The van der Waals surface area contributed by atoms with Crippen LogP contribution in [-0.4, -0.2) is 29.1 Å². The van der Waals surface area contributed by atoms with E-state index in [2.05, 4.69) is 32.0 Å². The summed E-state index contributed by atoms with van der Waals surface area (Å²) in [6.45, 7) is 3.40. The Bertz CT molecular complexity index is 701. The fourth-order valence-electron chi connectivity index (χ4n) is 2.59. The zero-order valence-electron chi connectivity index (χ0n) is 13.2. The van der Waals surface area contributed by atoms with E-state index in [4.69, 9.17) is 0 Å². The molecule has 0 aliphatic carbocycles. The molecule has 1 aliphatic heterocycles. The predicted octanol–water partition coefficient (Wildman–Crippen LogP) is 2.51. The van der Waals surface area contributed by atoms with Crippen LogP contribution in [0.5, 0.6) is 0 Å². The third kappa shape index (κ3) is 4.18. The maximum atomic E-state index is 11.9. The van der Waals surface area contributed by atoms with Crippen molar-refractivity contribution in [2.75, 3.05) is 23.7 Å². The molecule has 6 heteroatoms. The molecular formula is C17H21N5O. The number of pyridine rings is 2. The Morgan fingerprint density at radius 2 is 2.17 bits per heavy atom. The van der Waals surface area contributed by atoms with E-state index in [-0.39, 0.29) is 6.03 Å². The van der Waals surface area contributed by atoms with Gasteiger partial charge in [0.25, 0.3) is 0 Å². The number of fused-ring (bicyclic) bond motifs is 1. The van der Waals surface area contributed by atoms with Crippen molar-refractivity contribution in [3.8, 4) is 0 Å². The Balaban J connectivity index is 1.48. The number of aryl methyl sites for hydroxylation is 2. The summed E-state index contributed by atoms with van der Waals surface area (Å²) in [5, 5.41) is 8.87. The second-order valence-corrected chi connectivity index (χ2v) is 5.64. The van der Waals surface area contributed by atoms with Crippen LogP contribution in [0.4, 0.5) is 16.4 Å². The first-order chi connectivity index (χ1) is 11.2. The van der Waals surface area contributed by atoms with Gasteiger partial charge in [-0.05, 0) is 43.5 Å². The van der Waals surface area contributed by atoms with E-state index < -0.39 is 0 Å². The fraction of sp³-hybridized carbons (Fsp3) is 0.353. The average Bonchev–Trinajstić information content (AvgIpc) is 2.55. The molecule has 6 nitrogen and oxygen atoms in total. The van der Waals surface area contributed by atoms with Crippen LogP contribution in [0.25, 0.3) is 0 Å². The Kier molecular flexibility index (Phi) is 4.71. The zero-order chi connectivity index (χ0) is 16.1. The Labute approximate surface area is 135 Å². The molecule has 2 aromatic heterocycles. The van der Waals surface area contributed by atoms with Gasteiger partial charge in [0.15, 0.2) is 0 Å². The third-order valence-corrected chi connectivity index (χ3v) is 3.75. The van der Waals surface area contributed by atoms with E-state index in [1.807, 2.05) is 25.1 Å². The molecule has 1 aliphatic rings. The van der Waals surface area contributed by atoms with E-state index in [9.17, 15) is 4.79 Å². The number of nitrogens with zero attached hydrogens (tertiary/aromatic N) is 2. The molecule has 0 unspecified atom stereocenters. The van der Waals surface area contributed by atoms with Crippen molar-refractivity contribution in [2.24, 2.45) is 0 Å². The van der Waals surface area contributed by atoms with Crippen molar-refractivity contribution < 1.29 is 4.79 Å². The van der Waals surface area contributed by atoms with Gasteiger partial charge in [0.2, 0.25) is 0 Å². The Hall–Kier alpha value is -2.63. The lowest BCUT2D eigenvalue weighted by atomic mass is 10.1. The minimum atomic E-state index is -0.251. The van der Waals surface area contributed by atoms with Crippen LogP contribution in [0.2, 0.25) is 0 Å². The molecule has 2 amide bonds. The second kappa shape index (κ2) is 7.09. The van der Waals surface area contributed by atoms with E-state index >= 15 is 0 Å². The summed E-state index contributed by atoms with van der Waals surface area (Å²) in [6, 6.07) is 9.43. The molecule has 23 heavy (non-hydrogen) atoms. The van der Waals surface area contributed by atoms with Crippen LogP contribution in [-0.2, 0) is 12.8 Å². The van der Waals surface area contributed by atoms with Crippen LogP contribution >= 0.6 is 0 Å². The molecule has 0 atom stereocenters. The number of carbonyl (C=O) groups excluding carboxylic acids is 1. The first kappa shape index (κ1) is 15.3. The molecule has 120 valence electrons. The number of rotatable bonds is 4. The zero-order valence-corrected chi connectivity index (χ0v) is 13.2. The summed E-state index contributed by atoms with van der Waals surface area (Å²) in [5.74, 6) is 1.54. The summed E-state index contributed by atoms with van der Waals surface area (Å²) in [5.41, 5.74) is 3.12.